The monoisotopic (exact) mass is 357 g/mol. The number of rotatable bonds is 4. The number of fused-ring (bicyclic) bond motifs is 1. The SMILES string of the molecule is COC(=O)C[C@@H]1CN=C(Nc2nc(C)c3cc(OC)ccc3n2)NC1=O. The first kappa shape index (κ1) is 17.6. The second kappa shape index (κ2) is 7.34. The lowest BCUT2D eigenvalue weighted by Crippen LogP contribution is -2.45. The Morgan fingerprint density at radius 2 is 2.15 bits per heavy atom. The molecule has 0 aliphatic carbocycles. The molecule has 1 atom stereocenters. The van der Waals surface area contributed by atoms with Gasteiger partial charge in [-0.05, 0) is 25.1 Å². The number of hydrogen-bond acceptors (Lipinski definition) is 8. The Hall–Kier alpha value is -3.23. The highest BCUT2D eigenvalue weighted by Crippen LogP contribution is 2.22. The summed E-state index contributed by atoms with van der Waals surface area (Å²) >= 11 is 0. The van der Waals surface area contributed by atoms with Crippen LogP contribution in [0, 0.1) is 12.8 Å². The molecule has 136 valence electrons. The summed E-state index contributed by atoms with van der Waals surface area (Å²) in [6.07, 6.45) is -0.00741. The van der Waals surface area contributed by atoms with E-state index in [1.165, 1.54) is 7.11 Å². The molecule has 0 spiro atoms. The number of ether oxygens (including phenoxy) is 2. The number of guanidine groups is 1. The Balaban J connectivity index is 1.77. The summed E-state index contributed by atoms with van der Waals surface area (Å²) in [7, 11) is 2.89. The van der Waals surface area contributed by atoms with Crippen LogP contribution in [0.25, 0.3) is 10.9 Å². The minimum atomic E-state index is -0.542. The van der Waals surface area contributed by atoms with Gasteiger partial charge in [0.2, 0.25) is 17.8 Å². The molecule has 0 fully saturated rings. The summed E-state index contributed by atoms with van der Waals surface area (Å²) in [5, 5.41) is 6.41. The van der Waals surface area contributed by atoms with Gasteiger partial charge in [0.15, 0.2) is 0 Å². The van der Waals surface area contributed by atoms with Crippen LogP contribution in [0.4, 0.5) is 5.95 Å². The number of nitrogens with one attached hydrogen (secondary N) is 2. The van der Waals surface area contributed by atoms with Crippen LogP contribution in [-0.4, -0.2) is 48.6 Å². The van der Waals surface area contributed by atoms with Crippen LogP contribution in [0.15, 0.2) is 23.2 Å². The van der Waals surface area contributed by atoms with Gasteiger partial charge < -0.3 is 9.47 Å². The highest BCUT2D eigenvalue weighted by atomic mass is 16.5. The lowest BCUT2D eigenvalue weighted by atomic mass is 10.0. The molecule has 1 aromatic heterocycles. The number of hydrogen-bond donors (Lipinski definition) is 2. The number of carbonyl (C=O) groups is 2. The number of carbonyl (C=O) groups excluding carboxylic acids is 2. The van der Waals surface area contributed by atoms with E-state index in [4.69, 9.17) is 4.74 Å². The number of anilines is 1. The molecule has 26 heavy (non-hydrogen) atoms. The van der Waals surface area contributed by atoms with Gasteiger partial charge in [0.05, 0.1) is 44.3 Å². The quantitative estimate of drug-likeness (QED) is 0.785. The topological polar surface area (TPSA) is 115 Å². The summed E-state index contributed by atoms with van der Waals surface area (Å²) in [6, 6.07) is 5.52. The van der Waals surface area contributed by atoms with Crippen molar-refractivity contribution in [3.63, 3.8) is 0 Å². The highest BCUT2D eigenvalue weighted by molar-refractivity contribution is 6.06. The summed E-state index contributed by atoms with van der Waals surface area (Å²) < 4.78 is 9.80. The molecule has 2 aromatic rings. The smallest absolute Gasteiger partial charge is 0.306 e. The molecule has 1 amide bonds. The summed E-state index contributed by atoms with van der Waals surface area (Å²) in [5.74, 6) is 0.0232. The van der Waals surface area contributed by atoms with Crippen LogP contribution in [0.1, 0.15) is 12.1 Å². The van der Waals surface area contributed by atoms with E-state index in [1.807, 2.05) is 25.1 Å². The molecule has 1 aromatic carbocycles. The number of benzene rings is 1. The maximum atomic E-state index is 12.1. The van der Waals surface area contributed by atoms with Crippen molar-refractivity contribution in [1.82, 2.24) is 15.3 Å². The summed E-state index contributed by atoms with van der Waals surface area (Å²) in [6.45, 7) is 2.05. The van der Waals surface area contributed by atoms with E-state index in [9.17, 15) is 9.59 Å². The van der Waals surface area contributed by atoms with Gasteiger partial charge in [-0.3, -0.25) is 25.2 Å². The molecule has 2 heterocycles. The van der Waals surface area contributed by atoms with E-state index >= 15 is 0 Å². The normalized spacial score (nSPS) is 16.7. The standard InChI is InChI=1S/C17H19N5O4/c1-9-12-7-11(25-2)4-5-13(12)20-17(19-9)22-16-18-8-10(15(24)21-16)6-14(23)26-3/h4-5,7,10H,6,8H2,1-3H3,(H2,18,19,20,21,22,24)/t10-/m1/s1. The first-order valence-corrected chi connectivity index (χ1v) is 8.01. The molecule has 3 rings (SSSR count). The van der Waals surface area contributed by atoms with E-state index in [1.54, 1.807) is 7.11 Å². The summed E-state index contributed by atoms with van der Waals surface area (Å²) in [4.78, 5) is 36.5. The van der Waals surface area contributed by atoms with E-state index < -0.39 is 11.9 Å². The van der Waals surface area contributed by atoms with E-state index in [0.29, 0.717) is 5.95 Å². The Labute approximate surface area is 149 Å². The molecule has 0 radical (unpaired) electrons. The van der Waals surface area contributed by atoms with Gasteiger partial charge in [-0.2, -0.15) is 0 Å². The first-order valence-electron chi connectivity index (χ1n) is 8.01. The van der Waals surface area contributed by atoms with Crippen LogP contribution in [-0.2, 0) is 14.3 Å². The molecule has 0 unspecified atom stereocenters. The molecular weight excluding hydrogens is 338 g/mol. The van der Waals surface area contributed by atoms with Gasteiger partial charge in [0.25, 0.3) is 0 Å². The molecule has 9 heteroatoms. The second-order valence-corrected chi connectivity index (χ2v) is 5.80. The molecule has 0 bridgehead atoms. The van der Waals surface area contributed by atoms with Crippen molar-refractivity contribution in [1.29, 1.82) is 0 Å². The van der Waals surface area contributed by atoms with Crippen molar-refractivity contribution in [2.24, 2.45) is 10.9 Å². The van der Waals surface area contributed by atoms with Crippen molar-refractivity contribution in [2.75, 3.05) is 26.1 Å². The maximum Gasteiger partial charge on any atom is 0.306 e. The maximum absolute atomic E-state index is 12.1. The number of nitrogens with zero attached hydrogens (tertiary/aromatic N) is 3. The summed E-state index contributed by atoms with van der Waals surface area (Å²) in [5.41, 5.74) is 1.51. The number of esters is 1. The number of aliphatic imine (C=N–C) groups is 1. The first-order chi connectivity index (χ1) is 12.5. The zero-order valence-corrected chi connectivity index (χ0v) is 14.7. The van der Waals surface area contributed by atoms with Crippen LogP contribution < -0.4 is 15.4 Å². The molecular formula is C17H19N5O4. The number of methoxy groups -OCH3 is 2. The average molecular weight is 357 g/mol. The predicted octanol–water partition coefficient (Wildman–Crippen LogP) is 1.02. The van der Waals surface area contributed by atoms with E-state index in [0.717, 1.165) is 22.3 Å². The fourth-order valence-electron chi connectivity index (χ4n) is 2.60. The molecule has 0 saturated heterocycles. The molecule has 1 aliphatic rings. The van der Waals surface area contributed by atoms with Gasteiger partial charge in [-0.15, -0.1) is 0 Å². The Bertz CT molecular complexity index is 896. The van der Waals surface area contributed by atoms with E-state index in [2.05, 4.69) is 30.3 Å². The third kappa shape index (κ3) is 3.71. The van der Waals surface area contributed by atoms with Crippen molar-refractivity contribution >= 4 is 34.7 Å². The van der Waals surface area contributed by atoms with Crippen LogP contribution in [0.2, 0.25) is 0 Å². The second-order valence-electron chi connectivity index (χ2n) is 5.80. The Kier molecular flexibility index (Phi) is 4.97. The van der Waals surface area contributed by atoms with Crippen molar-refractivity contribution in [2.45, 2.75) is 13.3 Å². The lowest BCUT2D eigenvalue weighted by molar-refractivity contribution is -0.143. The number of amides is 1. The third-order valence-corrected chi connectivity index (χ3v) is 4.05. The number of aromatic nitrogens is 2. The van der Waals surface area contributed by atoms with Gasteiger partial charge in [0, 0.05) is 5.39 Å². The van der Waals surface area contributed by atoms with Crippen molar-refractivity contribution in [3.8, 4) is 5.75 Å². The Morgan fingerprint density at radius 3 is 2.85 bits per heavy atom. The Morgan fingerprint density at radius 1 is 1.35 bits per heavy atom. The average Bonchev–Trinajstić information content (AvgIpc) is 2.63. The predicted molar refractivity (Wildman–Crippen MR) is 95.0 cm³/mol. The van der Waals surface area contributed by atoms with Crippen molar-refractivity contribution in [3.05, 3.63) is 23.9 Å². The fourth-order valence-corrected chi connectivity index (χ4v) is 2.60. The number of aryl methyl sites for hydroxylation is 1. The minimum Gasteiger partial charge on any atom is -0.497 e. The van der Waals surface area contributed by atoms with Crippen LogP contribution in [0.5, 0.6) is 5.75 Å². The van der Waals surface area contributed by atoms with Crippen LogP contribution >= 0.6 is 0 Å². The van der Waals surface area contributed by atoms with Gasteiger partial charge in [-0.25, -0.2) is 9.97 Å². The molecule has 1 aliphatic heterocycles. The van der Waals surface area contributed by atoms with Gasteiger partial charge in [-0.1, -0.05) is 0 Å². The van der Waals surface area contributed by atoms with Gasteiger partial charge in [0.1, 0.15) is 5.75 Å². The zero-order valence-electron chi connectivity index (χ0n) is 14.7. The lowest BCUT2D eigenvalue weighted by Gasteiger charge is -2.21. The zero-order chi connectivity index (χ0) is 18.7. The third-order valence-electron chi connectivity index (χ3n) is 4.05. The fraction of sp³-hybridized carbons (Fsp3) is 0.353. The van der Waals surface area contributed by atoms with E-state index in [-0.39, 0.29) is 24.8 Å². The highest BCUT2D eigenvalue weighted by Gasteiger charge is 2.27. The minimum absolute atomic E-state index is 0.00741. The van der Waals surface area contributed by atoms with Crippen LogP contribution in [0.3, 0.4) is 0 Å². The largest absolute Gasteiger partial charge is 0.497 e. The van der Waals surface area contributed by atoms with Gasteiger partial charge >= 0.3 is 5.97 Å². The molecule has 0 saturated carbocycles. The molecule has 9 nitrogen and oxygen atoms in total. The molecule has 2 N–H and O–H groups in total. The van der Waals surface area contributed by atoms with Crippen molar-refractivity contribution < 1.29 is 19.1 Å².